The first-order chi connectivity index (χ1) is 10.2. The number of likely N-dealkylation sites (tertiary alicyclic amines) is 1. The van der Waals surface area contributed by atoms with Crippen molar-refractivity contribution in [2.24, 2.45) is 0 Å². The molecule has 1 fully saturated rings. The van der Waals surface area contributed by atoms with E-state index in [1.54, 1.807) is 0 Å². The van der Waals surface area contributed by atoms with Gasteiger partial charge in [-0.1, -0.05) is 0 Å². The van der Waals surface area contributed by atoms with E-state index in [1.165, 1.54) is 32.6 Å². The Bertz CT molecular complexity index is 464. The van der Waals surface area contributed by atoms with Gasteiger partial charge in [0.15, 0.2) is 0 Å². The van der Waals surface area contributed by atoms with Gasteiger partial charge in [0, 0.05) is 40.7 Å². The van der Waals surface area contributed by atoms with Gasteiger partial charge in [-0.2, -0.15) is 0 Å². The molecule has 0 saturated carbocycles. The second-order valence-electron chi connectivity index (χ2n) is 5.32. The Balaban J connectivity index is 2.89. The van der Waals surface area contributed by atoms with Gasteiger partial charge in [0.05, 0.1) is 12.1 Å². The summed E-state index contributed by atoms with van der Waals surface area (Å²) >= 11 is 0. The van der Waals surface area contributed by atoms with Gasteiger partial charge < -0.3 is 19.7 Å². The zero-order valence-corrected chi connectivity index (χ0v) is 13.3. The lowest BCUT2D eigenvalue weighted by molar-refractivity contribution is -0.159. The summed E-state index contributed by atoms with van der Waals surface area (Å²) < 4.78 is 10.2. The molecule has 0 bridgehead atoms. The maximum atomic E-state index is 11.8. The van der Waals surface area contributed by atoms with E-state index in [0.29, 0.717) is 0 Å². The summed E-state index contributed by atoms with van der Waals surface area (Å²) in [6, 6.07) is -0.880. The predicted molar refractivity (Wildman–Crippen MR) is 75.6 cm³/mol. The average molecular weight is 314 g/mol. The highest BCUT2D eigenvalue weighted by Gasteiger charge is 2.39. The molecule has 1 heterocycles. The van der Waals surface area contributed by atoms with E-state index in [-0.39, 0.29) is 31.4 Å². The highest BCUT2D eigenvalue weighted by atomic mass is 16.5. The van der Waals surface area contributed by atoms with Crippen LogP contribution in [0.25, 0.3) is 0 Å². The van der Waals surface area contributed by atoms with Crippen LogP contribution in [0.3, 0.4) is 0 Å². The van der Waals surface area contributed by atoms with Crippen molar-refractivity contribution in [2.75, 3.05) is 13.2 Å². The maximum Gasteiger partial charge on any atom is 0.302 e. The summed E-state index contributed by atoms with van der Waals surface area (Å²) in [7, 11) is 0. The van der Waals surface area contributed by atoms with Gasteiger partial charge in [0.2, 0.25) is 11.8 Å². The number of carbonyl (C=O) groups is 4. The Labute approximate surface area is 129 Å². The molecule has 0 radical (unpaired) electrons. The number of nitrogens with zero attached hydrogens (tertiary/aromatic N) is 1. The minimum absolute atomic E-state index is 0.0273. The van der Waals surface area contributed by atoms with E-state index in [9.17, 15) is 19.2 Å². The largest absolute Gasteiger partial charge is 0.464 e. The molecule has 1 aliphatic heterocycles. The molecule has 1 saturated heterocycles. The van der Waals surface area contributed by atoms with Gasteiger partial charge >= 0.3 is 11.9 Å². The van der Waals surface area contributed by atoms with Crippen LogP contribution in [0.15, 0.2) is 0 Å². The fourth-order valence-electron chi connectivity index (χ4n) is 2.54. The van der Waals surface area contributed by atoms with E-state index in [1.807, 2.05) is 0 Å². The molecule has 22 heavy (non-hydrogen) atoms. The van der Waals surface area contributed by atoms with Crippen molar-refractivity contribution in [2.45, 2.75) is 52.3 Å². The zero-order chi connectivity index (χ0) is 16.9. The molecule has 0 aromatic heterocycles. The van der Waals surface area contributed by atoms with E-state index in [0.717, 1.165) is 0 Å². The van der Waals surface area contributed by atoms with Gasteiger partial charge in [0.25, 0.3) is 0 Å². The number of ether oxygens (including phenoxy) is 2. The molecule has 0 spiro atoms. The van der Waals surface area contributed by atoms with E-state index >= 15 is 0 Å². The second-order valence-corrected chi connectivity index (χ2v) is 5.32. The molecule has 1 rings (SSSR count). The van der Waals surface area contributed by atoms with E-state index in [2.05, 4.69) is 5.32 Å². The molecular weight excluding hydrogens is 292 g/mol. The molecule has 2 amide bonds. The van der Waals surface area contributed by atoms with Crippen molar-refractivity contribution in [1.82, 2.24) is 10.2 Å². The molecule has 8 nitrogen and oxygen atoms in total. The lowest BCUT2D eigenvalue weighted by atomic mass is 9.95. The lowest BCUT2D eigenvalue weighted by Gasteiger charge is -2.42. The van der Waals surface area contributed by atoms with Gasteiger partial charge in [-0.3, -0.25) is 19.2 Å². The number of hydrogen-bond acceptors (Lipinski definition) is 6. The van der Waals surface area contributed by atoms with Crippen LogP contribution in [0.5, 0.6) is 0 Å². The standard InChI is InChI=1S/C14H22N2O6/c1-8(17)15-13-6-16(9(2)18)12(7-21-10(3)19)5-14(13)22-11(4)20/h12-14H,5-7H2,1-4H3,(H,15,17)/t12-,13-,14+/m0/s1. The van der Waals surface area contributed by atoms with Crippen LogP contribution in [0.2, 0.25) is 0 Å². The van der Waals surface area contributed by atoms with Crippen LogP contribution in [0.4, 0.5) is 0 Å². The van der Waals surface area contributed by atoms with E-state index < -0.39 is 30.1 Å². The fourth-order valence-corrected chi connectivity index (χ4v) is 2.54. The van der Waals surface area contributed by atoms with Crippen molar-refractivity contribution < 1.29 is 28.7 Å². The zero-order valence-electron chi connectivity index (χ0n) is 13.3. The number of rotatable bonds is 4. The number of piperidine rings is 1. The smallest absolute Gasteiger partial charge is 0.302 e. The summed E-state index contributed by atoms with van der Waals surface area (Å²) in [5, 5.41) is 2.69. The highest BCUT2D eigenvalue weighted by molar-refractivity contribution is 5.75. The molecule has 0 aromatic rings. The SMILES string of the molecule is CC(=O)N[C@H]1CN(C(C)=O)[C@H](COC(C)=O)C[C@H]1OC(C)=O. The molecule has 3 atom stereocenters. The Morgan fingerprint density at radius 3 is 2.18 bits per heavy atom. The van der Waals surface area contributed by atoms with Gasteiger partial charge in [-0.25, -0.2) is 0 Å². The highest BCUT2D eigenvalue weighted by Crippen LogP contribution is 2.22. The monoisotopic (exact) mass is 314 g/mol. The first kappa shape index (κ1) is 17.9. The minimum Gasteiger partial charge on any atom is -0.464 e. The van der Waals surface area contributed by atoms with Crippen LogP contribution in [0, 0.1) is 0 Å². The Morgan fingerprint density at radius 1 is 1.09 bits per heavy atom. The number of amides is 2. The first-order valence-corrected chi connectivity index (χ1v) is 7.05. The van der Waals surface area contributed by atoms with Gasteiger partial charge in [-0.15, -0.1) is 0 Å². The third kappa shape index (κ3) is 5.34. The maximum absolute atomic E-state index is 11.8. The van der Waals surface area contributed by atoms with Crippen molar-refractivity contribution in [3.63, 3.8) is 0 Å². The van der Waals surface area contributed by atoms with Crippen molar-refractivity contribution in [3.05, 3.63) is 0 Å². The molecule has 8 heteroatoms. The molecule has 0 aromatic carbocycles. The van der Waals surface area contributed by atoms with Crippen LogP contribution in [0.1, 0.15) is 34.1 Å². The quantitative estimate of drug-likeness (QED) is 0.709. The molecule has 1 N–H and O–H groups in total. The summed E-state index contributed by atoms with van der Waals surface area (Å²) in [4.78, 5) is 46.8. The molecule has 0 aliphatic carbocycles. The van der Waals surface area contributed by atoms with Crippen LogP contribution in [-0.2, 0) is 28.7 Å². The van der Waals surface area contributed by atoms with Crippen LogP contribution in [-0.4, -0.2) is 60.0 Å². The first-order valence-electron chi connectivity index (χ1n) is 7.05. The number of esters is 2. The summed E-state index contributed by atoms with van der Waals surface area (Å²) in [6.45, 7) is 5.54. The van der Waals surface area contributed by atoms with Crippen molar-refractivity contribution >= 4 is 23.8 Å². The Kier molecular flexibility index (Phi) is 6.33. The van der Waals surface area contributed by atoms with Gasteiger partial charge in [0.1, 0.15) is 12.7 Å². The predicted octanol–water partition coefficient (Wildman–Crippen LogP) is -0.393. The summed E-state index contributed by atoms with van der Waals surface area (Å²) in [5.41, 5.74) is 0. The Morgan fingerprint density at radius 2 is 1.73 bits per heavy atom. The average Bonchev–Trinajstić information content (AvgIpc) is 2.36. The third-order valence-corrected chi connectivity index (χ3v) is 3.38. The van der Waals surface area contributed by atoms with Crippen LogP contribution >= 0.6 is 0 Å². The molecular formula is C14H22N2O6. The molecule has 124 valence electrons. The van der Waals surface area contributed by atoms with E-state index in [4.69, 9.17) is 9.47 Å². The number of hydrogen-bond donors (Lipinski definition) is 1. The Hall–Kier alpha value is -2.12. The summed E-state index contributed by atoms with van der Waals surface area (Å²) in [5.74, 6) is -1.39. The normalized spacial score (nSPS) is 24.4. The third-order valence-electron chi connectivity index (χ3n) is 3.38. The minimum atomic E-state index is -0.572. The summed E-state index contributed by atoms with van der Waals surface area (Å²) in [6.07, 6.45) is -0.283. The number of nitrogens with one attached hydrogen (secondary N) is 1. The van der Waals surface area contributed by atoms with Gasteiger partial charge in [-0.05, 0) is 0 Å². The fraction of sp³-hybridized carbons (Fsp3) is 0.714. The second kappa shape index (κ2) is 7.77. The lowest BCUT2D eigenvalue weighted by Crippen LogP contribution is -2.61. The number of carbonyl (C=O) groups excluding carboxylic acids is 4. The van der Waals surface area contributed by atoms with Crippen molar-refractivity contribution in [3.8, 4) is 0 Å². The topological polar surface area (TPSA) is 102 Å². The molecule has 0 unspecified atom stereocenters. The molecule has 1 aliphatic rings. The van der Waals surface area contributed by atoms with Crippen LogP contribution < -0.4 is 5.32 Å². The van der Waals surface area contributed by atoms with Crippen molar-refractivity contribution in [1.29, 1.82) is 0 Å².